The molecule has 0 radical (unpaired) electrons. The molecular weight excluding hydrogens is 394 g/mol. The Morgan fingerprint density at radius 1 is 1.18 bits per heavy atom. The van der Waals surface area contributed by atoms with Gasteiger partial charge in [0.15, 0.2) is 15.8 Å². The average molecular weight is 416 g/mol. The van der Waals surface area contributed by atoms with E-state index in [4.69, 9.17) is 9.47 Å². The van der Waals surface area contributed by atoms with Crippen LogP contribution in [0, 0.1) is 0 Å². The third-order valence-corrected chi connectivity index (χ3v) is 5.75. The lowest BCUT2D eigenvalue weighted by atomic mass is 10.2. The number of thiazole rings is 1. The number of ether oxygens (including phenoxy) is 2. The summed E-state index contributed by atoms with van der Waals surface area (Å²) in [7, 11) is 0. The van der Waals surface area contributed by atoms with E-state index in [-0.39, 0.29) is 11.7 Å². The molecule has 1 heterocycles. The summed E-state index contributed by atoms with van der Waals surface area (Å²) in [5.41, 5.74) is 4.30. The largest absolute Gasteiger partial charge is 0.490 e. The Morgan fingerprint density at radius 2 is 1.96 bits per heavy atom. The van der Waals surface area contributed by atoms with Gasteiger partial charge < -0.3 is 9.47 Å². The standard InChI is InChI=1S/C20H21N3O3S2/c1-3-25-16-10-9-14(11-17(16)26-4-2)12-21-23-19(24)13-27-20-22-15-7-5-6-8-18(15)28-20/h5-12H,3-4,13H2,1-2H3,(H,23,24)/b21-12-. The van der Waals surface area contributed by atoms with Gasteiger partial charge in [-0.3, -0.25) is 4.79 Å². The molecule has 0 aliphatic heterocycles. The van der Waals surface area contributed by atoms with Crippen molar-refractivity contribution < 1.29 is 14.3 Å². The number of nitrogens with zero attached hydrogens (tertiary/aromatic N) is 2. The number of thioether (sulfide) groups is 1. The molecule has 8 heteroatoms. The fraction of sp³-hybridized carbons (Fsp3) is 0.250. The van der Waals surface area contributed by atoms with Crippen LogP contribution in [-0.4, -0.2) is 36.1 Å². The number of amides is 1. The summed E-state index contributed by atoms with van der Waals surface area (Å²) in [5, 5.41) is 4.02. The first-order valence-electron chi connectivity index (χ1n) is 8.89. The molecule has 0 atom stereocenters. The fourth-order valence-corrected chi connectivity index (χ4v) is 4.26. The summed E-state index contributed by atoms with van der Waals surface area (Å²) in [6, 6.07) is 13.5. The number of fused-ring (bicyclic) bond motifs is 1. The van der Waals surface area contributed by atoms with E-state index in [1.807, 2.05) is 56.3 Å². The maximum absolute atomic E-state index is 12.0. The SMILES string of the molecule is CCOc1ccc(/C=N\NC(=O)CSc2nc3ccccc3s2)cc1OCC. The number of carbonyl (C=O) groups is 1. The van der Waals surface area contributed by atoms with Crippen LogP contribution in [-0.2, 0) is 4.79 Å². The number of aromatic nitrogens is 1. The smallest absolute Gasteiger partial charge is 0.250 e. The number of benzene rings is 2. The van der Waals surface area contributed by atoms with Crippen LogP contribution in [0.25, 0.3) is 10.2 Å². The molecule has 0 spiro atoms. The van der Waals surface area contributed by atoms with Crippen molar-refractivity contribution in [2.24, 2.45) is 5.10 Å². The van der Waals surface area contributed by atoms with Gasteiger partial charge in [0.1, 0.15) is 0 Å². The van der Waals surface area contributed by atoms with Crippen LogP contribution in [0.5, 0.6) is 11.5 Å². The highest BCUT2D eigenvalue weighted by atomic mass is 32.2. The zero-order valence-corrected chi connectivity index (χ0v) is 17.3. The summed E-state index contributed by atoms with van der Waals surface area (Å²) >= 11 is 2.98. The van der Waals surface area contributed by atoms with E-state index >= 15 is 0 Å². The number of rotatable bonds is 9. The summed E-state index contributed by atoms with van der Waals surface area (Å²) in [4.78, 5) is 16.5. The van der Waals surface area contributed by atoms with Gasteiger partial charge in [-0.15, -0.1) is 11.3 Å². The van der Waals surface area contributed by atoms with Gasteiger partial charge in [-0.25, -0.2) is 10.4 Å². The minimum atomic E-state index is -0.184. The van der Waals surface area contributed by atoms with Gasteiger partial charge in [0.2, 0.25) is 0 Å². The molecule has 3 aromatic rings. The maximum atomic E-state index is 12.0. The van der Waals surface area contributed by atoms with E-state index in [9.17, 15) is 4.79 Å². The van der Waals surface area contributed by atoms with Crippen molar-refractivity contribution >= 4 is 45.4 Å². The van der Waals surface area contributed by atoms with Crippen molar-refractivity contribution in [1.29, 1.82) is 0 Å². The quantitative estimate of drug-likeness (QED) is 0.320. The second kappa shape index (κ2) is 10.1. The molecule has 2 aromatic carbocycles. The summed E-state index contributed by atoms with van der Waals surface area (Å²) in [6.45, 7) is 4.95. The van der Waals surface area contributed by atoms with Crippen molar-refractivity contribution in [3.8, 4) is 11.5 Å². The summed E-state index contributed by atoms with van der Waals surface area (Å²) in [6.07, 6.45) is 1.58. The maximum Gasteiger partial charge on any atom is 0.250 e. The Morgan fingerprint density at radius 3 is 2.75 bits per heavy atom. The number of carbonyl (C=O) groups excluding carboxylic acids is 1. The van der Waals surface area contributed by atoms with E-state index in [0.29, 0.717) is 24.7 Å². The van der Waals surface area contributed by atoms with E-state index in [0.717, 1.165) is 20.1 Å². The van der Waals surface area contributed by atoms with Gasteiger partial charge >= 0.3 is 0 Å². The predicted molar refractivity (Wildman–Crippen MR) is 115 cm³/mol. The molecule has 1 aromatic heterocycles. The molecule has 3 rings (SSSR count). The van der Waals surface area contributed by atoms with Gasteiger partial charge in [-0.05, 0) is 49.7 Å². The van der Waals surface area contributed by atoms with Crippen molar-refractivity contribution in [3.63, 3.8) is 0 Å². The second-order valence-electron chi connectivity index (χ2n) is 5.60. The first kappa shape index (κ1) is 20.2. The van der Waals surface area contributed by atoms with Gasteiger partial charge in [0, 0.05) is 0 Å². The van der Waals surface area contributed by atoms with Crippen LogP contribution in [0.15, 0.2) is 51.9 Å². The van der Waals surface area contributed by atoms with E-state index in [2.05, 4.69) is 15.5 Å². The van der Waals surface area contributed by atoms with Gasteiger partial charge in [-0.1, -0.05) is 23.9 Å². The molecular formula is C20H21N3O3S2. The van der Waals surface area contributed by atoms with Crippen LogP contribution >= 0.6 is 23.1 Å². The molecule has 0 fully saturated rings. The molecule has 1 N–H and O–H groups in total. The summed E-state index contributed by atoms with van der Waals surface area (Å²) < 4.78 is 13.1. The second-order valence-corrected chi connectivity index (χ2v) is 7.85. The molecule has 0 saturated heterocycles. The monoisotopic (exact) mass is 415 g/mol. The molecule has 28 heavy (non-hydrogen) atoms. The predicted octanol–water partition coefficient (Wildman–Crippen LogP) is 4.34. The Balaban J connectivity index is 1.53. The summed E-state index contributed by atoms with van der Waals surface area (Å²) in [5.74, 6) is 1.42. The highest BCUT2D eigenvalue weighted by molar-refractivity contribution is 8.01. The van der Waals surface area contributed by atoms with Crippen molar-refractivity contribution in [2.75, 3.05) is 19.0 Å². The Labute approximate surface area is 172 Å². The zero-order valence-electron chi connectivity index (χ0n) is 15.7. The molecule has 6 nitrogen and oxygen atoms in total. The van der Waals surface area contributed by atoms with Crippen LogP contribution in [0.1, 0.15) is 19.4 Å². The van der Waals surface area contributed by atoms with Crippen molar-refractivity contribution in [2.45, 2.75) is 18.2 Å². The number of hydrazone groups is 1. The lowest BCUT2D eigenvalue weighted by molar-refractivity contribution is -0.118. The van der Waals surface area contributed by atoms with Gasteiger partial charge in [-0.2, -0.15) is 5.10 Å². The highest BCUT2D eigenvalue weighted by Crippen LogP contribution is 2.29. The topological polar surface area (TPSA) is 72.8 Å². The van der Waals surface area contributed by atoms with Crippen molar-refractivity contribution in [1.82, 2.24) is 10.4 Å². The van der Waals surface area contributed by atoms with E-state index in [1.54, 1.807) is 17.6 Å². The fourth-order valence-electron chi connectivity index (χ4n) is 2.40. The van der Waals surface area contributed by atoms with Gasteiger partial charge in [0.25, 0.3) is 5.91 Å². The molecule has 0 unspecified atom stereocenters. The minimum absolute atomic E-state index is 0.184. The van der Waals surface area contributed by atoms with E-state index in [1.165, 1.54) is 11.8 Å². The van der Waals surface area contributed by atoms with E-state index < -0.39 is 0 Å². The average Bonchev–Trinajstić information content (AvgIpc) is 3.12. The third kappa shape index (κ3) is 5.46. The van der Waals surface area contributed by atoms with Crippen LogP contribution in [0.2, 0.25) is 0 Å². The van der Waals surface area contributed by atoms with Crippen LogP contribution in [0.4, 0.5) is 0 Å². The zero-order chi connectivity index (χ0) is 19.8. The number of nitrogens with one attached hydrogen (secondary N) is 1. The molecule has 146 valence electrons. The van der Waals surface area contributed by atoms with Gasteiger partial charge in [0.05, 0.1) is 35.4 Å². The Bertz CT molecular complexity index is 939. The minimum Gasteiger partial charge on any atom is -0.490 e. The highest BCUT2D eigenvalue weighted by Gasteiger charge is 2.08. The molecule has 0 aliphatic rings. The Hall–Kier alpha value is -2.58. The number of hydrogen-bond donors (Lipinski definition) is 1. The lowest BCUT2D eigenvalue weighted by Gasteiger charge is -2.11. The lowest BCUT2D eigenvalue weighted by Crippen LogP contribution is -2.19. The molecule has 0 aliphatic carbocycles. The number of para-hydroxylation sites is 1. The molecule has 0 bridgehead atoms. The number of hydrogen-bond acceptors (Lipinski definition) is 7. The normalized spacial score (nSPS) is 11.1. The van der Waals surface area contributed by atoms with Crippen LogP contribution in [0.3, 0.4) is 0 Å². The Kier molecular flexibility index (Phi) is 7.27. The van der Waals surface area contributed by atoms with Crippen molar-refractivity contribution in [3.05, 3.63) is 48.0 Å². The first-order valence-corrected chi connectivity index (χ1v) is 10.7. The molecule has 0 saturated carbocycles. The first-order chi connectivity index (χ1) is 13.7. The molecule has 1 amide bonds. The third-order valence-electron chi connectivity index (χ3n) is 3.57. The van der Waals surface area contributed by atoms with Crippen LogP contribution < -0.4 is 14.9 Å².